The fraction of sp³-hybridized carbons (Fsp3) is 0.381. The highest BCUT2D eigenvalue weighted by Gasteiger charge is 2.22. The van der Waals surface area contributed by atoms with E-state index in [1.165, 1.54) is 18.9 Å². The predicted octanol–water partition coefficient (Wildman–Crippen LogP) is 4.06. The van der Waals surface area contributed by atoms with Gasteiger partial charge in [-0.15, -0.1) is 0 Å². The van der Waals surface area contributed by atoms with Crippen LogP contribution in [0.25, 0.3) is 11.0 Å². The lowest BCUT2D eigenvalue weighted by Crippen LogP contribution is -2.19. The van der Waals surface area contributed by atoms with Gasteiger partial charge in [-0.05, 0) is 38.8 Å². The molecule has 2 heterocycles. The highest BCUT2D eigenvalue weighted by atomic mass is 16.5. The quantitative estimate of drug-likeness (QED) is 0.674. The van der Waals surface area contributed by atoms with Crippen LogP contribution >= 0.6 is 0 Å². The molecule has 1 N–H and O–H groups in total. The second-order valence-electron chi connectivity index (χ2n) is 7.08. The van der Waals surface area contributed by atoms with Gasteiger partial charge < -0.3 is 14.5 Å². The monoisotopic (exact) mass is 381 g/mol. The van der Waals surface area contributed by atoms with Crippen LogP contribution in [-0.4, -0.2) is 22.3 Å². The van der Waals surface area contributed by atoms with Gasteiger partial charge in [0, 0.05) is 23.6 Å². The third-order valence-electron chi connectivity index (χ3n) is 5.04. The number of carbonyl (C=O) groups is 1. The van der Waals surface area contributed by atoms with Crippen molar-refractivity contribution >= 4 is 22.7 Å². The van der Waals surface area contributed by atoms with Crippen LogP contribution in [0.2, 0.25) is 0 Å². The average molecular weight is 381 g/mol. The summed E-state index contributed by atoms with van der Waals surface area (Å²) in [6.07, 6.45) is 4.46. The Bertz CT molecular complexity index is 1080. The van der Waals surface area contributed by atoms with Crippen molar-refractivity contribution in [1.29, 1.82) is 0 Å². The van der Waals surface area contributed by atoms with Gasteiger partial charge in [0.15, 0.2) is 0 Å². The number of hydrogen-bond donors (Lipinski definition) is 1. The zero-order valence-electron chi connectivity index (χ0n) is 16.0. The molecule has 0 bridgehead atoms. The SMILES string of the molecule is CCOc1ccc2c(C(=O)Nc3cc(C)nn3C3CCCC3)cc(=O)oc2c1. The first-order valence-electron chi connectivity index (χ1n) is 9.63. The number of aromatic nitrogens is 2. The molecule has 1 aromatic carbocycles. The van der Waals surface area contributed by atoms with Gasteiger partial charge in [0.2, 0.25) is 0 Å². The van der Waals surface area contributed by atoms with Crippen molar-refractivity contribution in [1.82, 2.24) is 9.78 Å². The Labute approximate surface area is 162 Å². The summed E-state index contributed by atoms with van der Waals surface area (Å²) in [6.45, 7) is 4.28. The number of rotatable bonds is 5. The first-order valence-corrected chi connectivity index (χ1v) is 9.63. The molecule has 4 rings (SSSR count). The summed E-state index contributed by atoms with van der Waals surface area (Å²) < 4.78 is 12.6. The van der Waals surface area contributed by atoms with Crippen molar-refractivity contribution < 1.29 is 13.9 Å². The largest absolute Gasteiger partial charge is 0.494 e. The number of aryl methyl sites for hydroxylation is 1. The zero-order valence-corrected chi connectivity index (χ0v) is 16.0. The standard InChI is InChI=1S/C21H23N3O4/c1-3-27-15-8-9-16-17(12-20(25)28-18(16)11-15)21(26)22-19-10-13(2)23-24(19)14-6-4-5-7-14/h8-12,14H,3-7H2,1-2H3,(H,22,26). The number of nitrogens with zero attached hydrogens (tertiary/aromatic N) is 2. The Kier molecular flexibility index (Phi) is 4.90. The average Bonchev–Trinajstić information content (AvgIpc) is 3.30. The van der Waals surface area contributed by atoms with E-state index in [0.29, 0.717) is 35.2 Å². The lowest BCUT2D eigenvalue weighted by Gasteiger charge is -2.15. The summed E-state index contributed by atoms with van der Waals surface area (Å²) in [4.78, 5) is 25.0. The predicted molar refractivity (Wildman–Crippen MR) is 106 cm³/mol. The minimum atomic E-state index is -0.577. The van der Waals surface area contributed by atoms with E-state index in [1.807, 2.05) is 24.6 Å². The Balaban J connectivity index is 1.69. The second-order valence-corrected chi connectivity index (χ2v) is 7.08. The van der Waals surface area contributed by atoms with E-state index in [0.717, 1.165) is 18.5 Å². The number of benzene rings is 1. The Morgan fingerprint density at radius 1 is 1.29 bits per heavy atom. The maximum atomic E-state index is 13.0. The zero-order chi connectivity index (χ0) is 19.7. The first kappa shape index (κ1) is 18.3. The molecule has 0 aliphatic heterocycles. The maximum Gasteiger partial charge on any atom is 0.337 e. The third kappa shape index (κ3) is 3.52. The number of anilines is 1. The minimum absolute atomic E-state index is 0.270. The first-order chi connectivity index (χ1) is 13.5. The smallest absolute Gasteiger partial charge is 0.337 e. The Hall–Kier alpha value is -3.09. The number of hydrogen-bond acceptors (Lipinski definition) is 5. The molecular weight excluding hydrogens is 358 g/mol. The van der Waals surface area contributed by atoms with Gasteiger partial charge in [-0.3, -0.25) is 4.79 Å². The molecule has 1 fully saturated rings. The van der Waals surface area contributed by atoms with Gasteiger partial charge in [-0.1, -0.05) is 12.8 Å². The van der Waals surface area contributed by atoms with Crippen LogP contribution in [0.5, 0.6) is 5.75 Å². The lowest BCUT2D eigenvalue weighted by atomic mass is 10.1. The number of amides is 1. The molecule has 0 radical (unpaired) electrons. The van der Waals surface area contributed by atoms with Crippen molar-refractivity contribution in [3.8, 4) is 5.75 Å². The summed E-state index contributed by atoms with van der Waals surface area (Å²) in [6, 6.07) is 8.50. The Morgan fingerprint density at radius 3 is 2.82 bits per heavy atom. The van der Waals surface area contributed by atoms with E-state index in [2.05, 4.69) is 10.4 Å². The molecule has 0 unspecified atom stereocenters. The molecule has 7 nitrogen and oxygen atoms in total. The highest BCUT2D eigenvalue weighted by molar-refractivity contribution is 6.11. The number of nitrogens with one attached hydrogen (secondary N) is 1. The van der Waals surface area contributed by atoms with E-state index < -0.39 is 5.63 Å². The van der Waals surface area contributed by atoms with Crippen LogP contribution in [0, 0.1) is 6.92 Å². The van der Waals surface area contributed by atoms with Gasteiger partial charge in [0.05, 0.1) is 23.9 Å². The van der Waals surface area contributed by atoms with Crippen molar-refractivity contribution in [3.05, 3.63) is 52.0 Å². The van der Waals surface area contributed by atoms with Crippen LogP contribution < -0.4 is 15.7 Å². The fourth-order valence-corrected chi connectivity index (χ4v) is 3.81. The lowest BCUT2D eigenvalue weighted by molar-refractivity contribution is 0.102. The van der Waals surface area contributed by atoms with Crippen molar-refractivity contribution in [2.24, 2.45) is 0 Å². The van der Waals surface area contributed by atoms with Crippen LogP contribution in [0.1, 0.15) is 54.7 Å². The van der Waals surface area contributed by atoms with Gasteiger partial charge in [-0.2, -0.15) is 5.10 Å². The molecule has 0 saturated heterocycles. The molecule has 7 heteroatoms. The second kappa shape index (κ2) is 7.50. The topological polar surface area (TPSA) is 86.4 Å². The van der Waals surface area contributed by atoms with Crippen molar-refractivity contribution in [3.63, 3.8) is 0 Å². The highest BCUT2D eigenvalue weighted by Crippen LogP contribution is 2.32. The summed E-state index contributed by atoms with van der Waals surface area (Å²) in [7, 11) is 0. The molecule has 1 saturated carbocycles. The number of carbonyl (C=O) groups excluding carboxylic acids is 1. The molecule has 0 atom stereocenters. The molecular formula is C21H23N3O4. The normalized spacial score (nSPS) is 14.5. The van der Waals surface area contributed by atoms with Crippen LogP contribution in [0.15, 0.2) is 39.5 Å². The summed E-state index contributed by atoms with van der Waals surface area (Å²) in [5, 5.41) is 8.05. The van der Waals surface area contributed by atoms with E-state index in [1.54, 1.807) is 18.2 Å². The minimum Gasteiger partial charge on any atom is -0.494 e. The van der Waals surface area contributed by atoms with Gasteiger partial charge in [0.25, 0.3) is 5.91 Å². The number of fused-ring (bicyclic) bond motifs is 1. The summed E-state index contributed by atoms with van der Waals surface area (Å²) in [5.41, 5.74) is 0.864. The molecule has 1 amide bonds. The molecule has 3 aromatic rings. The molecule has 146 valence electrons. The molecule has 1 aliphatic rings. The van der Waals surface area contributed by atoms with E-state index in [4.69, 9.17) is 9.15 Å². The number of ether oxygens (including phenoxy) is 1. The van der Waals surface area contributed by atoms with E-state index >= 15 is 0 Å². The van der Waals surface area contributed by atoms with Gasteiger partial charge >= 0.3 is 5.63 Å². The Morgan fingerprint density at radius 2 is 2.07 bits per heavy atom. The fourth-order valence-electron chi connectivity index (χ4n) is 3.81. The van der Waals surface area contributed by atoms with Crippen molar-refractivity contribution in [2.45, 2.75) is 45.6 Å². The summed E-state index contributed by atoms with van der Waals surface area (Å²) in [5.74, 6) is 0.883. The molecule has 1 aliphatic carbocycles. The van der Waals surface area contributed by atoms with E-state index in [9.17, 15) is 9.59 Å². The van der Waals surface area contributed by atoms with Crippen LogP contribution in [-0.2, 0) is 0 Å². The third-order valence-corrected chi connectivity index (χ3v) is 5.04. The van der Waals surface area contributed by atoms with Crippen LogP contribution in [0.3, 0.4) is 0 Å². The molecule has 0 spiro atoms. The van der Waals surface area contributed by atoms with Gasteiger partial charge in [0.1, 0.15) is 17.2 Å². The van der Waals surface area contributed by atoms with Crippen LogP contribution in [0.4, 0.5) is 5.82 Å². The van der Waals surface area contributed by atoms with E-state index in [-0.39, 0.29) is 11.5 Å². The molecule has 2 aromatic heterocycles. The van der Waals surface area contributed by atoms with Crippen molar-refractivity contribution in [2.75, 3.05) is 11.9 Å². The van der Waals surface area contributed by atoms with Gasteiger partial charge in [-0.25, -0.2) is 9.48 Å². The maximum absolute atomic E-state index is 13.0. The summed E-state index contributed by atoms with van der Waals surface area (Å²) >= 11 is 0. The molecule has 28 heavy (non-hydrogen) atoms.